The summed E-state index contributed by atoms with van der Waals surface area (Å²) in [7, 11) is 0. The highest BCUT2D eigenvalue weighted by molar-refractivity contribution is 8.18. The summed E-state index contributed by atoms with van der Waals surface area (Å²) < 4.78 is 79.2. The van der Waals surface area contributed by atoms with Gasteiger partial charge in [-0.05, 0) is 75.2 Å². The Labute approximate surface area is 219 Å². The summed E-state index contributed by atoms with van der Waals surface area (Å²) in [4.78, 5) is 30.1. The van der Waals surface area contributed by atoms with Crippen molar-refractivity contribution in [3.05, 3.63) is 45.9 Å². The van der Waals surface area contributed by atoms with Gasteiger partial charge >= 0.3 is 17.6 Å². The molecular formula is C24H28F6N4O3S. The van der Waals surface area contributed by atoms with Gasteiger partial charge in [-0.1, -0.05) is 12.1 Å². The van der Waals surface area contributed by atoms with E-state index < -0.39 is 40.2 Å². The summed E-state index contributed by atoms with van der Waals surface area (Å²) in [5.74, 6) is -0.358. The number of likely N-dealkylation sites (tertiary alicyclic amines) is 1. The summed E-state index contributed by atoms with van der Waals surface area (Å²) in [5, 5.41) is 14.6. The minimum atomic E-state index is -4.92. The number of carbonyl (C=O) groups is 2. The molecule has 1 aromatic rings. The zero-order valence-electron chi connectivity index (χ0n) is 20.7. The van der Waals surface area contributed by atoms with Crippen LogP contribution in [0, 0.1) is 5.92 Å². The van der Waals surface area contributed by atoms with Gasteiger partial charge in [-0.15, -0.1) is 0 Å². The molecule has 2 heterocycles. The monoisotopic (exact) mass is 566 g/mol. The largest absolute Gasteiger partial charge is 0.416 e. The van der Waals surface area contributed by atoms with Crippen molar-refractivity contribution in [1.82, 2.24) is 15.5 Å². The minimum Gasteiger partial charge on any atom is -0.389 e. The van der Waals surface area contributed by atoms with Gasteiger partial charge in [0.25, 0.3) is 0 Å². The zero-order valence-corrected chi connectivity index (χ0v) is 21.5. The number of aliphatic hydroxyl groups is 1. The number of hydrogen-bond donors (Lipinski definition) is 3. The van der Waals surface area contributed by atoms with Crippen molar-refractivity contribution in [2.45, 2.75) is 51.2 Å². The molecule has 1 aromatic carbocycles. The number of nitrogens with one attached hydrogen (secondary N) is 2. The number of carbonyl (C=O) groups excluding carboxylic acids is 2. The minimum absolute atomic E-state index is 0.0373. The number of rotatable bonds is 7. The van der Waals surface area contributed by atoms with E-state index in [1.165, 1.54) is 0 Å². The van der Waals surface area contributed by atoms with Gasteiger partial charge in [-0.25, -0.2) is 0 Å². The highest BCUT2D eigenvalue weighted by Gasteiger charge is 2.38. The lowest BCUT2D eigenvalue weighted by Gasteiger charge is -2.31. The van der Waals surface area contributed by atoms with Gasteiger partial charge in [-0.2, -0.15) is 31.3 Å². The first-order valence-corrected chi connectivity index (χ1v) is 12.6. The summed E-state index contributed by atoms with van der Waals surface area (Å²) in [6.45, 7) is 3.88. The van der Waals surface area contributed by atoms with E-state index >= 15 is 0 Å². The molecule has 2 aliphatic heterocycles. The Morgan fingerprint density at radius 2 is 1.82 bits per heavy atom. The molecule has 38 heavy (non-hydrogen) atoms. The fraction of sp³-hybridized carbons (Fsp3) is 0.542. The van der Waals surface area contributed by atoms with Crippen LogP contribution in [-0.2, 0) is 23.7 Å². The van der Waals surface area contributed by atoms with E-state index in [2.05, 4.69) is 15.6 Å². The van der Waals surface area contributed by atoms with Crippen molar-refractivity contribution >= 4 is 28.7 Å². The maximum absolute atomic E-state index is 13.5. The van der Waals surface area contributed by atoms with Crippen LogP contribution in [0.3, 0.4) is 0 Å². The number of alkyl halides is 6. The molecule has 0 aliphatic carbocycles. The van der Waals surface area contributed by atoms with Crippen molar-refractivity contribution < 1.29 is 41.0 Å². The topological polar surface area (TPSA) is 94.0 Å². The number of benzene rings is 1. The smallest absolute Gasteiger partial charge is 0.389 e. The maximum atomic E-state index is 13.5. The second-order valence-corrected chi connectivity index (χ2v) is 10.8. The molecule has 2 amide bonds. The van der Waals surface area contributed by atoms with Gasteiger partial charge in [0.2, 0.25) is 5.91 Å². The third-order valence-electron chi connectivity index (χ3n) is 5.89. The highest BCUT2D eigenvalue weighted by Crippen LogP contribution is 2.38. The molecule has 0 aromatic heterocycles. The molecule has 14 heteroatoms. The first kappa shape index (κ1) is 30.1. The number of amidine groups is 1. The highest BCUT2D eigenvalue weighted by atomic mass is 32.2. The van der Waals surface area contributed by atoms with Crippen LogP contribution in [0.2, 0.25) is 0 Å². The van der Waals surface area contributed by atoms with Crippen LogP contribution in [-0.4, -0.2) is 58.8 Å². The molecule has 1 fully saturated rings. The molecule has 0 unspecified atom stereocenters. The SMILES string of the molecule is CC(C)(O)CNCC(=O)NC1=NC(=O)S/C1=C\C1CCN(Cc2ccc(C(F)(F)F)cc2C(F)(F)F)CC1. The third kappa shape index (κ3) is 8.82. The van der Waals surface area contributed by atoms with E-state index in [4.69, 9.17) is 0 Å². The van der Waals surface area contributed by atoms with Crippen molar-refractivity contribution in [2.75, 3.05) is 26.2 Å². The van der Waals surface area contributed by atoms with E-state index in [9.17, 15) is 41.0 Å². The predicted octanol–water partition coefficient (Wildman–Crippen LogP) is 4.56. The fourth-order valence-corrected chi connectivity index (χ4v) is 4.84. The molecule has 2 aliphatic rings. The second kappa shape index (κ2) is 11.8. The summed E-state index contributed by atoms with van der Waals surface area (Å²) in [6.07, 6.45) is -6.92. The molecule has 0 radical (unpaired) electrons. The van der Waals surface area contributed by atoms with E-state index in [0.29, 0.717) is 36.9 Å². The Morgan fingerprint density at radius 1 is 1.16 bits per heavy atom. The number of amides is 2. The average molecular weight is 567 g/mol. The quantitative estimate of drug-likeness (QED) is 0.419. The van der Waals surface area contributed by atoms with E-state index in [-0.39, 0.29) is 43.0 Å². The van der Waals surface area contributed by atoms with Crippen molar-refractivity contribution in [3.8, 4) is 0 Å². The van der Waals surface area contributed by atoms with Crippen LogP contribution >= 0.6 is 11.8 Å². The number of nitrogens with zero attached hydrogens (tertiary/aromatic N) is 2. The number of halogens is 6. The van der Waals surface area contributed by atoms with Gasteiger partial charge in [0.05, 0.1) is 28.2 Å². The molecule has 3 rings (SSSR count). The molecule has 0 bridgehead atoms. The van der Waals surface area contributed by atoms with Crippen LogP contribution < -0.4 is 10.6 Å². The Hall–Kier alpha value is -2.42. The van der Waals surface area contributed by atoms with Crippen molar-refractivity contribution in [1.29, 1.82) is 0 Å². The van der Waals surface area contributed by atoms with Crippen molar-refractivity contribution in [2.24, 2.45) is 10.9 Å². The number of allylic oxidation sites excluding steroid dienone is 1. The van der Waals surface area contributed by atoms with Gasteiger partial charge in [-0.3, -0.25) is 14.5 Å². The van der Waals surface area contributed by atoms with Crippen LogP contribution in [0.15, 0.2) is 34.2 Å². The summed E-state index contributed by atoms with van der Waals surface area (Å²) >= 11 is 0.862. The normalized spacial score (nSPS) is 19.2. The maximum Gasteiger partial charge on any atom is 0.416 e. The first-order valence-electron chi connectivity index (χ1n) is 11.8. The summed E-state index contributed by atoms with van der Waals surface area (Å²) in [5.41, 5.74) is -3.88. The Kier molecular flexibility index (Phi) is 9.32. The lowest BCUT2D eigenvalue weighted by atomic mass is 9.95. The van der Waals surface area contributed by atoms with Crippen LogP contribution in [0.4, 0.5) is 31.1 Å². The van der Waals surface area contributed by atoms with Crippen LogP contribution in [0.25, 0.3) is 0 Å². The lowest BCUT2D eigenvalue weighted by Crippen LogP contribution is -2.42. The van der Waals surface area contributed by atoms with Gasteiger partial charge in [0.1, 0.15) is 0 Å². The first-order chi connectivity index (χ1) is 17.5. The number of hydrogen-bond acceptors (Lipinski definition) is 6. The molecular weight excluding hydrogens is 538 g/mol. The Morgan fingerprint density at radius 3 is 2.39 bits per heavy atom. The van der Waals surface area contributed by atoms with E-state index in [1.807, 2.05) is 0 Å². The molecule has 210 valence electrons. The van der Waals surface area contributed by atoms with Crippen LogP contribution in [0.1, 0.15) is 43.4 Å². The predicted molar refractivity (Wildman–Crippen MR) is 130 cm³/mol. The van der Waals surface area contributed by atoms with E-state index in [0.717, 1.165) is 17.8 Å². The molecule has 7 nitrogen and oxygen atoms in total. The molecule has 0 atom stereocenters. The van der Waals surface area contributed by atoms with E-state index in [1.54, 1.807) is 24.8 Å². The van der Waals surface area contributed by atoms with Gasteiger partial charge < -0.3 is 15.7 Å². The Bertz CT molecular complexity index is 1100. The third-order valence-corrected chi connectivity index (χ3v) is 6.71. The standard InChI is InChI=1S/C24H28F6N4O3S/c1-22(2,37)13-31-11-19(35)32-20-18(38-21(36)33-20)9-14-5-7-34(8-6-14)12-15-3-4-16(23(25,26)27)10-17(15)24(28,29)30/h3-4,9-10,14,31,37H,5-8,11-13H2,1-2H3,(H,32,33,35,36)/b18-9-. The molecule has 0 saturated carbocycles. The lowest BCUT2D eigenvalue weighted by molar-refractivity contribution is -0.143. The molecule has 1 saturated heterocycles. The Balaban J connectivity index is 1.59. The fourth-order valence-electron chi connectivity index (χ4n) is 4.06. The zero-order chi connectivity index (χ0) is 28.3. The van der Waals surface area contributed by atoms with Crippen LogP contribution in [0.5, 0.6) is 0 Å². The number of piperidine rings is 1. The average Bonchev–Trinajstić information content (AvgIpc) is 3.11. The second-order valence-electron chi connectivity index (χ2n) is 9.80. The molecule has 0 spiro atoms. The van der Waals surface area contributed by atoms with Gasteiger partial charge in [0, 0.05) is 13.1 Å². The number of thioether (sulfide) groups is 1. The molecule has 3 N–H and O–H groups in total. The van der Waals surface area contributed by atoms with Gasteiger partial charge in [0.15, 0.2) is 5.84 Å². The number of aliphatic imine (C=N–C) groups is 1. The summed E-state index contributed by atoms with van der Waals surface area (Å²) in [6, 6.07) is 1.68. The van der Waals surface area contributed by atoms with Crippen molar-refractivity contribution in [3.63, 3.8) is 0 Å².